The van der Waals surface area contributed by atoms with Crippen LogP contribution in [0.15, 0.2) is 17.8 Å². The first-order valence-corrected chi connectivity index (χ1v) is 6.18. The first-order chi connectivity index (χ1) is 9.60. The molecule has 20 heavy (non-hydrogen) atoms. The maximum Gasteiger partial charge on any atom is 0.325 e. The Hall–Kier alpha value is -2.22. The maximum absolute atomic E-state index is 12.2. The molecule has 0 aliphatic carbocycles. The number of hydrogen-bond donors (Lipinski definition) is 1. The summed E-state index contributed by atoms with van der Waals surface area (Å²) in [5.41, 5.74) is 1.33. The Labute approximate surface area is 115 Å². The van der Waals surface area contributed by atoms with Crippen molar-refractivity contribution in [2.75, 3.05) is 26.8 Å². The fourth-order valence-corrected chi connectivity index (χ4v) is 1.99. The van der Waals surface area contributed by atoms with E-state index in [2.05, 4.69) is 10.3 Å². The lowest BCUT2D eigenvalue weighted by Crippen LogP contribution is -2.35. The summed E-state index contributed by atoms with van der Waals surface area (Å²) < 4.78 is 6.18. The normalized spacial score (nSPS) is 15.1. The summed E-state index contributed by atoms with van der Waals surface area (Å²) in [7, 11) is 1.64. The SMILES string of the molecule is COCC1=CCN(C(=O)c2cn(CC(=O)O)nn2)CC1. The first-order valence-electron chi connectivity index (χ1n) is 6.18. The van der Waals surface area contributed by atoms with Gasteiger partial charge in [-0.1, -0.05) is 11.3 Å². The minimum atomic E-state index is -1.03. The number of carboxylic acid groups (broad SMARTS) is 1. The van der Waals surface area contributed by atoms with Gasteiger partial charge in [0.25, 0.3) is 5.91 Å². The number of amides is 1. The van der Waals surface area contributed by atoms with Crippen LogP contribution in [0.25, 0.3) is 0 Å². The van der Waals surface area contributed by atoms with Gasteiger partial charge in [-0.25, -0.2) is 4.68 Å². The van der Waals surface area contributed by atoms with Gasteiger partial charge in [-0.2, -0.15) is 0 Å². The molecule has 0 saturated heterocycles. The Morgan fingerprint density at radius 2 is 2.30 bits per heavy atom. The number of nitrogens with zero attached hydrogens (tertiary/aromatic N) is 4. The second kappa shape index (κ2) is 6.29. The Bertz CT molecular complexity index is 537. The van der Waals surface area contributed by atoms with Crippen molar-refractivity contribution in [3.8, 4) is 0 Å². The smallest absolute Gasteiger partial charge is 0.325 e. The van der Waals surface area contributed by atoms with E-state index in [-0.39, 0.29) is 18.1 Å². The Kier molecular flexibility index (Phi) is 4.46. The maximum atomic E-state index is 12.2. The van der Waals surface area contributed by atoms with Crippen LogP contribution in [0.2, 0.25) is 0 Å². The van der Waals surface area contributed by atoms with Crippen molar-refractivity contribution >= 4 is 11.9 Å². The predicted octanol–water partition coefficient (Wildman–Crippen LogP) is -0.219. The fourth-order valence-electron chi connectivity index (χ4n) is 1.99. The molecule has 0 unspecified atom stereocenters. The van der Waals surface area contributed by atoms with Gasteiger partial charge in [-0.05, 0) is 12.0 Å². The summed E-state index contributed by atoms with van der Waals surface area (Å²) in [4.78, 5) is 24.4. The molecule has 8 nitrogen and oxygen atoms in total. The van der Waals surface area contributed by atoms with Gasteiger partial charge in [-0.3, -0.25) is 9.59 Å². The molecule has 1 aromatic rings. The lowest BCUT2D eigenvalue weighted by Gasteiger charge is -2.25. The van der Waals surface area contributed by atoms with Crippen molar-refractivity contribution in [3.05, 3.63) is 23.5 Å². The van der Waals surface area contributed by atoms with Crippen molar-refractivity contribution in [1.29, 1.82) is 0 Å². The van der Waals surface area contributed by atoms with E-state index < -0.39 is 5.97 Å². The quantitative estimate of drug-likeness (QED) is 0.749. The average Bonchev–Trinajstić information content (AvgIpc) is 2.87. The van der Waals surface area contributed by atoms with Gasteiger partial charge in [0.2, 0.25) is 0 Å². The van der Waals surface area contributed by atoms with Gasteiger partial charge in [0, 0.05) is 20.2 Å². The largest absolute Gasteiger partial charge is 0.480 e. The predicted molar refractivity (Wildman–Crippen MR) is 68.1 cm³/mol. The Balaban J connectivity index is 1.98. The zero-order chi connectivity index (χ0) is 14.5. The van der Waals surface area contributed by atoms with E-state index in [0.29, 0.717) is 19.7 Å². The molecule has 1 aromatic heterocycles. The molecule has 108 valence electrons. The van der Waals surface area contributed by atoms with Crippen molar-refractivity contribution in [2.45, 2.75) is 13.0 Å². The second-order valence-corrected chi connectivity index (χ2v) is 4.49. The summed E-state index contributed by atoms with van der Waals surface area (Å²) in [6.45, 7) is 1.37. The molecule has 0 aromatic carbocycles. The highest BCUT2D eigenvalue weighted by atomic mass is 16.5. The van der Waals surface area contributed by atoms with Gasteiger partial charge in [0.1, 0.15) is 6.54 Å². The number of hydrogen-bond acceptors (Lipinski definition) is 5. The summed E-state index contributed by atoms with van der Waals surface area (Å²) in [5, 5.41) is 16.0. The van der Waals surface area contributed by atoms with Gasteiger partial charge in [0.05, 0.1) is 12.8 Å². The Morgan fingerprint density at radius 3 is 2.90 bits per heavy atom. The molecule has 0 radical (unpaired) electrons. The molecule has 0 fully saturated rings. The van der Waals surface area contributed by atoms with E-state index in [9.17, 15) is 9.59 Å². The van der Waals surface area contributed by atoms with Crippen LogP contribution in [0, 0.1) is 0 Å². The lowest BCUT2D eigenvalue weighted by molar-refractivity contribution is -0.137. The van der Waals surface area contributed by atoms with Gasteiger partial charge in [-0.15, -0.1) is 5.10 Å². The number of methoxy groups -OCH3 is 1. The van der Waals surface area contributed by atoms with Crippen molar-refractivity contribution in [3.63, 3.8) is 0 Å². The van der Waals surface area contributed by atoms with Gasteiger partial charge >= 0.3 is 5.97 Å². The third kappa shape index (κ3) is 3.41. The van der Waals surface area contributed by atoms with Gasteiger partial charge in [0.15, 0.2) is 5.69 Å². The lowest BCUT2D eigenvalue weighted by atomic mass is 10.1. The molecule has 0 spiro atoms. The molecule has 1 amide bonds. The molecular weight excluding hydrogens is 264 g/mol. The molecule has 1 N–H and O–H groups in total. The van der Waals surface area contributed by atoms with Crippen LogP contribution in [0.1, 0.15) is 16.9 Å². The number of carbonyl (C=O) groups is 2. The van der Waals surface area contributed by atoms with E-state index in [0.717, 1.165) is 11.1 Å². The molecule has 2 heterocycles. The Morgan fingerprint density at radius 1 is 1.50 bits per heavy atom. The molecule has 0 saturated carbocycles. The van der Waals surface area contributed by atoms with Crippen LogP contribution in [0.4, 0.5) is 0 Å². The van der Waals surface area contributed by atoms with Crippen molar-refractivity contribution in [2.24, 2.45) is 0 Å². The first kappa shape index (κ1) is 14.2. The molecule has 0 bridgehead atoms. The number of rotatable bonds is 5. The van der Waals surface area contributed by atoms with E-state index in [1.807, 2.05) is 6.08 Å². The van der Waals surface area contributed by atoms with Crippen LogP contribution >= 0.6 is 0 Å². The number of aliphatic carboxylic acids is 1. The average molecular weight is 280 g/mol. The van der Waals surface area contributed by atoms with E-state index >= 15 is 0 Å². The minimum absolute atomic E-state index is 0.162. The molecule has 1 aliphatic rings. The van der Waals surface area contributed by atoms with Crippen molar-refractivity contribution < 1.29 is 19.4 Å². The number of aromatic nitrogens is 3. The van der Waals surface area contributed by atoms with Gasteiger partial charge < -0.3 is 14.7 Å². The molecule has 0 atom stereocenters. The highest BCUT2D eigenvalue weighted by Gasteiger charge is 2.21. The van der Waals surface area contributed by atoms with E-state index in [4.69, 9.17) is 9.84 Å². The molecule has 1 aliphatic heterocycles. The summed E-state index contributed by atoms with van der Waals surface area (Å²) in [6.07, 6.45) is 4.08. The summed E-state index contributed by atoms with van der Waals surface area (Å²) in [6, 6.07) is 0. The molecular formula is C12H16N4O4. The zero-order valence-electron chi connectivity index (χ0n) is 11.2. The minimum Gasteiger partial charge on any atom is -0.480 e. The summed E-state index contributed by atoms with van der Waals surface area (Å²) in [5.74, 6) is -1.27. The van der Waals surface area contributed by atoms with Crippen molar-refractivity contribution in [1.82, 2.24) is 19.9 Å². The van der Waals surface area contributed by atoms with E-state index in [1.54, 1.807) is 12.0 Å². The van der Waals surface area contributed by atoms with Crippen LogP contribution in [-0.2, 0) is 16.1 Å². The highest BCUT2D eigenvalue weighted by molar-refractivity contribution is 5.92. The third-order valence-corrected chi connectivity index (χ3v) is 2.98. The van der Waals surface area contributed by atoms with Crippen LogP contribution in [-0.4, -0.2) is 63.7 Å². The monoisotopic (exact) mass is 280 g/mol. The molecule has 2 rings (SSSR count). The van der Waals surface area contributed by atoms with Crippen LogP contribution < -0.4 is 0 Å². The second-order valence-electron chi connectivity index (χ2n) is 4.49. The van der Waals surface area contributed by atoms with Crippen LogP contribution in [0.5, 0.6) is 0 Å². The number of carbonyl (C=O) groups excluding carboxylic acids is 1. The third-order valence-electron chi connectivity index (χ3n) is 2.98. The molecule has 8 heteroatoms. The zero-order valence-corrected chi connectivity index (χ0v) is 11.2. The number of ether oxygens (including phenoxy) is 1. The summed E-state index contributed by atoms with van der Waals surface area (Å²) >= 11 is 0. The van der Waals surface area contributed by atoms with E-state index in [1.165, 1.54) is 11.8 Å². The highest BCUT2D eigenvalue weighted by Crippen LogP contribution is 2.13. The topological polar surface area (TPSA) is 97.5 Å². The van der Waals surface area contributed by atoms with Crippen LogP contribution in [0.3, 0.4) is 0 Å². The standard InChI is InChI=1S/C12H16N4O4/c1-20-8-9-2-4-15(5-3-9)12(19)10-6-16(14-13-10)7-11(17)18/h2,6H,3-5,7-8H2,1H3,(H,17,18). The fraction of sp³-hybridized carbons (Fsp3) is 0.500. The number of carboxylic acids is 1.